The minimum absolute atomic E-state index is 0.637. The average molecular weight is 217 g/mol. The third kappa shape index (κ3) is 4.00. The Balaban J connectivity index is 2.67. The second-order valence-electron chi connectivity index (χ2n) is 4.42. The van der Waals surface area contributed by atoms with E-state index in [0.29, 0.717) is 11.5 Å². The van der Waals surface area contributed by atoms with Crippen molar-refractivity contribution in [3.05, 3.63) is 29.6 Å². The second-order valence-corrected chi connectivity index (χ2v) is 4.42. The summed E-state index contributed by atoms with van der Waals surface area (Å²) in [5, 5.41) is 8.80. The molecule has 0 saturated heterocycles. The summed E-state index contributed by atoms with van der Waals surface area (Å²) in [4.78, 5) is 6.44. The largest absolute Gasteiger partial charge is 0.299 e. The molecule has 0 fully saturated rings. The van der Waals surface area contributed by atoms with Crippen LogP contribution in [0.3, 0.4) is 0 Å². The number of aromatic nitrogens is 1. The first-order valence-electron chi connectivity index (χ1n) is 5.72. The molecule has 0 unspecified atom stereocenters. The maximum absolute atomic E-state index is 8.80. The molecule has 0 saturated carbocycles. The number of nitrogens with zero attached hydrogens (tertiary/aromatic N) is 3. The van der Waals surface area contributed by atoms with E-state index in [9.17, 15) is 0 Å². The fourth-order valence-corrected chi connectivity index (χ4v) is 1.72. The van der Waals surface area contributed by atoms with Crippen molar-refractivity contribution in [3.63, 3.8) is 0 Å². The molecule has 1 aromatic rings. The van der Waals surface area contributed by atoms with Crippen LogP contribution >= 0.6 is 0 Å². The highest BCUT2D eigenvalue weighted by Gasteiger charge is 2.06. The minimum atomic E-state index is 0.637. The van der Waals surface area contributed by atoms with Gasteiger partial charge < -0.3 is 0 Å². The quantitative estimate of drug-likeness (QED) is 0.760. The molecule has 3 nitrogen and oxygen atoms in total. The van der Waals surface area contributed by atoms with E-state index in [1.165, 1.54) is 0 Å². The summed E-state index contributed by atoms with van der Waals surface area (Å²) in [5.74, 6) is 0.659. The number of rotatable bonds is 5. The van der Waals surface area contributed by atoms with Crippen LogP contribution in [0.2, 0.25) is 0 Å². The predicted octanol–water partition coefficient (Wildman–Crippen LogP) is 2.43. The highest BCUT2D eigenvalue weighted by Crippen LogP contribution is 2.07. The first-order valence-corrected chi connectivity index (χ1v) is 5.72. The zero-order valence-corrected chi connectivity index (χ0v) is 10.3. The third-order valence-electron chi connectivity index (χ3n) is 2.40. The Hall–Kier alpha value is -1.40. The van der Waals surface area contributed by atoms with Crippen molar-refractivity contribution >= 4 is 0 Å². The van der Waals surface area contributed by atoms with Crippen molar-refractivity contribution in [1.29, 1.82) is 5.26 Å². The van der Waals surface area contributed by atoms with Crippen molar-refractivity contribution in [3.8, 4) is 6.07 Å². The monoisotopic (exact) mass is 217 g/mol. The molecule has 0 aromatic carbocycles. The molecular formula is C13H19N3. The molecule has 3 heteroatoms. The van der Waals surface area contributed by atoms with Gasteiger partial charge in [0.15, 0.2) is 0 Å². The Labute approximate surface area is 97.7 Å². The van der Waals surface area contributed by atoms with Crippen LogP contribution in [0.1, 0.15) is 31.9 Å². The van der Waals surface area contributed by atoms with E-state index in [0.717, 1.165) is 25.2 Å². The van der Waals surface area contributed by atoms with Crippen molar-refractivity contribution in [1.82, 2.24) is 9.88 Å². The Morgan fingerprint density at radius 1 is 1.44 bits per heavy atom. The van der Waals surface area contributed by atoms with Gasteiger partial charge in [0, 0.05) is 25.5 Å². The lowest BCUT2D eigenvalue weighted by molar-refractivity contribution is 0.248. The maximum Gasteiger partial charge on any atom is 0.101 e. The van der Waals surface area contributed by atoms with Gasteiger partial charge in [-0.15, -0.1) is 0 Å². The molecule has 0 aliphatic carbocycles. The van der Waals surface area contributed by atoms with E-state index in [1.807, 2.05) is 12.3 Å². The number of hydrogen-bond donors (Lipinski definition) is 0. The van der Waals surface area contributed by atoms with Gasteiger partial charge in [-0.2, -0.15) is 5.26 Å². The van der Waals surface area contributed by atoms with Gasteiger partial charge in [-0.3, -0.25) is 9.88 Å². The summed E-state index contributed by atoms with van der Waals surface area (Å²) in [7, 11) is 0. The van der Waals surface area contributed by atoms with E-state index in [4.69, 9.17) is 5.26 Å². The standard InChI is InChI=1S/C13H19N3/c1-4-16(9-11(2)3)10-13-5-12(6-14)7-15-8-13/h5,7-8,11H,4,9-10H2,1-3H3. The first kappa shape index (κ1) is 12.7. The zero-order valence-electron chi connectivity index (χ0n) is 10.3. The zero-order chi connectivity index (χ0) is 12.0. The van der Waals surface area contributed by atoms with Gasteiger partial charge in [-0.1, -0.05) is 20.8 Å². The highest BCUT2D eigenvalue weighted by atomic mass is 15.1. The lowest BCUT2D eigenvalue weighted by Gasteiger charge is -2.22. The van der Waals surface area contributed by atoms with E-state index < -0.39 is 0 Å². The first-order chi connectivity index (χ1) is 7.65. The highest BCUT2D eigenvalue weighted by molar-refractivity contribution is 5.28. The normalized spacial score (nSPS) is 10.8. The minimum Gasteiger partial charge on any atom is -0.299 e. The van der Waals surface area contributed by atoms with Gasteiger partial charge in [0.25, 0.3) is 0 Å². The molecular weight excluding hydrogens is 198 g/mol. The SMILES string of the molecule is CCN(Cc1cncc(C#N)c1)CC(C)C. The van der Waals surface area contributed by atoms with Gasteiger partial charge in [0.2, 0.25) is 0 Å². The molecule has 0 aliphatic rings. The molecule has 1 aromatic heterocycles. The fraction of sp³-hybridized carbons (Fsp3) is 0.538. The molecule has 0 bridgehead atoms. The molecule has 1 rings (SSSR count). The van der Waals surface area contributed by atoms with Crippen LogP contribution < -0.4 is 0 Å². The topological polar surface area (TPSA) is 39.9 Å². The lowest BCUT2D eigenvalue weighted by Crippen LogP contribution is -2.27. The molecule has 0 amide bonds. The second kappa shape index (κ2) is 6.24. The van der Waals surface area contributed by atoms with E-state index in [-0.39, 0.29) is 0 Å². The van der Waals surface area contributed by atoms with Gasteiger partial charge in [0.1, 0.15) is 6.07 Å². The number of hydrogen-bond acceptors (Lipinski definition) is 3. The van der Waals surface area contributed by atoms with Crippen LogP contribution in [0, 0.1) is 17.2 Å². The van der Waals surface area contributed by atoms with Crippen LogP contribution in [0.5, 0.6) is 0 Å². The summed E-state index contributed by atoms with van der Waals surface area (Å²) in [6, 6.07) is 4.03. The van der Waals surface area contributed by atoms with Crippen molar-refractivity contribution in [2.45, 2.75) is 27.3 Å². The number of nitriles is 1. The molecule has 0 radical (unpaired) electrons. The van der Waals surface area contributed by atoms with E-state index in [1.54, 1.807) is 6.20 Å². The van der Waals surface area contributed by atoms with Gasteiger partial charge in [0.05, 0.1) is 5.56 Å². The van der Waals surface area contributed by atoms with Crippen molar-refractivity contribution < 1.29 is 0 Å². The summed E-state index contributed by atoms with van der Waals surface area (Å²) >= 11 is 0. The summed E-state index contributed by atoms with van der Waals surface area (Å²) in [6.07, 6.45) is 3.44. The van der Waals surface area contributed by atoms with E-state index in [2.05, 4.69) is 36.7 Å². The van der Waals surface area contributed by atoms with Crippen LogP contribution in [0.4, 0.5) is 0 Å². The average Bonchev–Trinajstić information content (AvgIpc) is 2.28. The van der Waals surface area contributed by atoms with Crippen LogP contribution in [0.15, 0.2) is 18.5 Å². The van der Waals surface area contributed by atoms with Gasteiger partial charge in [-0.25, -0.2) is 0 Å². The van der Waals surface area contributed by atoms with Crippen LogP contribution in [0.25, 0.3) is 0 Å². The summed E-state index contributed by atoms with van der Waals surface area (Å²) in [5.41, 5.74) is 1.75. The van der Waals surface area contributed by atoms with Gasteiger partial charge in [-0.05, 0) is 24.1 Å². The molecule has 16 heavy (non-hydrogen) atoms. The molecule has 0 spiro atoms. The molecule has 1 heterocycles. The van der Waals surface area contributed by atoms with Crippen molar-refractivity contribution in [2.24, 2.45) is 5.92 Å². The smallest absolute Gasteiger partial charge is 0.101 e. The van der Waals surface area contributed by atoms with E-state index >= 15 is 0 Å². The fourth-order valence-electron chi connectivity index (χ4n) is 1.72. The third-order valence-corrected chi connectivity index (χ3v) is 2.40. The number of pyridine rings is 1. The van der Waals surface area contributed by atoms with Gasteiger partial charge >= 0.3 is 0 Å². The maximum atomic E-state index is 8.80. The molecule has 0 aliphatic heterocycles. The van der Waals surface area contributed by atoms with Crippen molar-refractivity contribution in [2.75, 3.05) is 13.1 Å². The summed E-state index contributed by atoms with van der Waals surface area (Å²) < 4.78 is 0. The summed E-state index contributed by atoms with van der Waals surface area (Å²) in [6.45, 7) is 9.56. The molecule has 0 atom stereocenters. The van der Waals surface area contributed by atoms with Crippen LogP contribution in [-0.4, -0.2) is 23.0 Å². The lowest BCUT2D eigenvalue weighted by atomic mass is 10.1. The molecule has 0 N–H and O–H groups in total. The predicted molar refractivity (Wildman–Crippen MR) is 64.7 cm³/mol. The molecule has 86 valence electrons. The van der Waals surface area contributed by atoms with Crippen LogP contribution in [-0.2, 0) is 6.54 Å². The Kier molecular flexibility index (Phi) is 4.94. The Morgan fingerprint density at radius 2 is 2.19 bits per heavy atom. The Bertz CT molecular complexity index is 366. The Morgan fingerprint density at radius 3 is 2.75 bits per heavy atom.